The van der Waals surface area contributed by atoms with Crippen LogP contribution >= 0.6 is 0 Å². The van der Waals surface area contributed by atoms with E-state index in [9.17, 15) is 18.0 Å². The van der Waals surface area contributed by atoms with Gasteiger partial charge in [-0.3, -0.25) is 4.79 Å². The lowest BCUT2D eigenvalue weighted by atomic mass is 9.85. The Hall–Kier alpha value is -3.54. The second-order valence-corrected chi connectivity index (χ2v) is 7.83. The molecule has 0 radical (unpaired) electrons. The third-order valence-corrected chi connectivity index (χ3v) is 5.70. The van der Waals surface area contributed by atoms with Gasteiger partial charge in [0.2, 0.25) is 5.91 Å². The van der Waals surface area contributed by atoms with Crippen molar-refractivity contribution in [1.29, 1.82) is 0 Å². The number of hydrogen-bond donors (Lipinski definition) is 2. The number of fused-ring (bicyclic) bond motifs is 1. The molecule has 1 heterocycles. The van der Waals surface area contributed by atoms with Gasteiger partial charge in [-0.25, -0.2) is 0 Å². The Morgan fingerprint density at radius 3 is 2.31 bits per heavy atom. The summed E-state index contributed by atoms with van der Waals surface area (Å²) in [7, 11) is 0. The zero-order chi connectivity index (χ0) is 22.7. The highest BCUT2D eigenvalue weighted by Gasteiger charge is 2.36. The van der Waals surface area contributed by atoms with Crippen molar-refractivity contribution in [2.75, 3.05) is 0 Å². The van der Waals surface area contributed by atoms with E-state index < -0.39 is 17.7 Å². The van der Waals surface area contributed by atoms with Crippen LogP contribution in [-0.2, 0) is 11.0 Å². The molecule has 0 unspecified atom stereocenters. The molecule has 0 aliphatic carbocycles. The number of halogens is 3. The molecule has 164 valence electrons. The van der Waals surface area contributed by atoms with Crippen molar-refractivity contribution < 1.29 is 18.0 Å². The molecule has 0 aliphatic heterocycles. The fraction of sp³-hybridized carbons (Fsp3) is 0.192. The first-order valence-corrected chi connectivity index (χ1v) is 10.4. The minimum atomic E-state index is -4.52. The summed E-state index contributed by atoms with van der Waals surface area (Å²) < 4.78 is 41.5. The van der Waals surface area contributed by atoms with E-state index in [0.717, 1.165) is 22.5 Å². The Balaban J connectivity index is 1.72. The van der Waals surface area contributed by atoms with Crippen molar-refractivity contribution in [2.24, 2.45) is 0 Å². The Kier molecular flexibility index (Phi) is 6.04. The van der Waals surface area contributed by atoms with Crippen LogP contribution in [0.2, 0.25) is 0 Å². The predicted molar refractivity (Wildman–Crippen MR) is 119 cm³/mol. The summed E-state index contributed by atoms with van der Waals surface area (Å²) >= 11 is 0. The van der Waals surface area contributed by atoms with Gasteiger partial charge >= 0.3 is 6.18 Å². The highest BCUT2D eigenvalue weighted by Crippen LogP contribution is 2.40. The molecule has 4 rings (SSSR count). The van der Waals surface area contributed by atoms with Crippen molar-refractivity contribution >= 4 is 16.8 Å². The molecule has 3 nitrogen and oxygen atoms in total. The first-order valence-electron chi connectivity index (χ1n) is 10.4. The van der Waals surface area contributed by atoms with Crippen molar-refractivity contribution in [3.63, 3.8) is 0 Å². The molecule has 32 heavy (non-hydrogen) atoms. The second-order valence-electron chi connectivity index (χ2n) is 7.83. The number of carbonyl (C=O) groups excluding carboxylic acids is 1. The van der Waals surface area contributed by atoms with E-state index in [1.807, 2.05) is 61.5 Å². The molecule has 0 saturated carbocycles. The molecule has 0 aliphatic rings. The zero-order valence-corrected chi connectivity index (χ0v) is 17.5. The third-order valence-electron chi connectivity index (χ3n) is 5.70. The van der Waals surface area contributed by atoms with Crippen LogP contribution in [0.1, 0.15) is 47.6 Å². The average Bonchev–Trinajstić information content (AvgIpc) is 3.21. The van der Waals surface area contributed by atoms with Crippen LogP contribution in [-0.4, -0.2) is 10.9 Å². The lowest BCUT2D eigenvalue weighted by Gasteiger charge is -2.23. The molecule has 6 heteroatoms. The van der Waals surface area contributed by atoms with Crippen LogP contribution in [0.15, 0.2) is 85.1 Å². The quantitative estimate of drug-likeness (QED) is 0.352. The molecule has 1 amide bonds. The van der Waals surface area contributed by atoms with Gasteiger partial charge in [0.25, 0.3) is 0 Å². The zero-order valence-electron chi connectivity index (χ0n) is 17.5. The molecule has 0 saturated heterocycles. The fourth-order valence-corrected chi connectivity index (χ4v) is 4.14. The maximum atomic E-state index is 13.8. The van der Waals surface area contributed by atoms with Gasteiger partial charge in [0, 0.05) is 29.4 Å². The number of hydrogen-bond acceptors (Lipinski definition) is 1. The average molecular weight is 436 g/mol. The molecule has 4 aromatic rings. The maximum absolute atomic E-state index is 13.8. The second kappa shape index (κ2) is 8.91. The Morgan fingerprint density at radius 1 is 0.906 bits per heavy atom. The molecule has 0 spiro atoms. The number of amides is 1. The number of alkyl halides is 3. The normalized spacial score (nSPS) is 13.6. The lowest BCUT2D eigenvalue weighted by Crippen LogP contribution is -2.28. The number of rotatable bonds is 6. The van der Waals surface area contributed by atoms with E-state index in [1.165, 1.54) is 12.1 Å². The minimum Gasteiger partial charge on any atom is -0.361 e. The maximum Gasteiger partial charge on any atom is 0.416 e. The van der Waals surface area contributed by atoms with Gasteiger partial charge in [-0.05, 0) is 35.7 Å². The SMILES string of the molecule is C[C@@H](NC(=O)C[C@@H](c1ccccc1C(F)(F)F)c1c[nH]c2ccccc12)c1ccccc1. The van der Waals surface area contributed by atoms with Crippen LogP contribution in [0.4, 0.5) is 13.2 Å². The summed E-state index contributed by atoms with van der Waals surface area (Å²) in [5.41, 5.74) is 1.78. The first kappa shape index (κ1) is 21.7. The van der Waals surface area contributed by atoms with Crippen molar-refractivity contribution in [1.82, 2.24) is 10.3 Å². The summed E-state index contributed by atoms with van der Waals surface area (Å²) in [6.45, 7) is 1.86. The third kappa shape index (κ3) is 4.54. The van der Waals surface area contributed by atoms with Crippen molar-refractivity contribution in [3.8, 4) is 0 Å². The van der Waals surface area contributed by atoms with Gasteiger partial charge < -0.3 is 10.3 Å². The number of aromatic nitrogens is 1. The van der Waals surface area contributed by atoms with Gasteiger partial charge in [-0.1, -0.05) is 66.7 Å². The summed E-state index contributed by atoms with van der Waals surface area (Å²) in [5.74, 6) is -1.07. The standard InChI is InChI=1S/C26H23F3N2O/c1-17(18-9-3-2-4-10-18)31-25(32)15-21(19-11-5-7-13-23(19)26(27,28)29)22-16-30-24-14-8-6-12-20(22)24/h2-14,16-17,21,30H,15H2,1H3,(H,31,32)/t17-,21+/m1/s1. The molecule has 2 N–H and O–H groups in total. The lowest BCUT2D eigenvalue weighted by molar-refractivity contribution is -0.138. The van der Waals surface area contributed by atoms with Gasteiger partial charge in [0.15, 0.2) is 0 Å². The largest absolute Gasteiger partial charge is 0.416 e. The Bertz CT molecular complexity index is 1210. The van der Waals surface area contributed by atoms with Crippen LogP contribution in [0.25, 0.3) is 10.9 Å². The number of carbonyl (C=O) groups is 1. The molecule has 3 aromatic carbocycles. The highest BCUT2D eigenvalue weighted by atomic mass is 19.4. The van der Waals surface area contributed by atoms with E-state index in [4.69, 9.17) is 0 Å². The number of H-pyrrole nitrogens is 1. The van der Waals surface area contributed by atoms with E-state index in [0.29, 0.717) is 5.56 Å². The van der Waals surface area contributed by atoms with Crippen LogP contribution in [0.5, 0.6) is 0 Å². The van der Waals surface area contributed by atoms with Gasteiger partial charge in [0.1, 0.15) is 0 Å². The Labute approximate surface area is 184 Å². The molecule has 0 bridgehead atoms. The molecular weight excluding hydrogens is 413 g/mol. The summed E-state index contributed by atoms with van der Waals surface area (Å²) in [6, 6.07) is 22.1. The number of para-hydroxylation sites is 1. The van der Waals surface area contributed by atoms with E-state index in [-0.39, 0.29) is 23.9 Å². The monoisotopic (exact) mass is 436 g/mol. The summed E-state index contributed by atoms with van der Waals surface area (Å²) in [6.07, 6.45) is -2.92. The van der Waals surface area contributed by atoms with E-state index >= 15 is 0 Å². The van der Waals surface area contributed by atoms with Crippen molar-refractivity contribution in [3.05, 3.63) is 107 Å². The van der Waals surface area contributed by atoms with Crippen LogP contribution < -0.4 is 5.32 Å². The van der Waals surface area contributed by atoms with Crippen LogP contribution in [0, 0.1) is 0 Å². The molecule has 2 atom stereocenters. The predicted octanol–water partition coefficient (Wildman–Crippen LogP) is 6.59. The highest BCUT2D eigenvalue weighted by molar-refractivity contribution is 5.86. The number of benzene rings is 3. The summed E-state index contributed by atoms with van der Waals surface area (Å²) in [5, 5.41) is 3.74. The smallest absolute Gasteiger partial charge is 0.361 e. The van der Waals surface area contributed by atoms with E-state index in [2.05, 4.69) is 10.3 Å². The minimum absolute atomic E-state index is 0.0901. The topological polar surface area (TPSA) is 44.9 Å². The van der Waals surface area contributed by atoms with Gasteiger partial charge in [0.05, 0.1) is 11.6 Å². The molecular formula is C26H23F3N2O. The first-order chi connectivity index (χ1) is 15.3. The number of nitrogens with one attached hydrogen (secondary N) is 2. The number of aromatic amines is 1. The van der Waals surface area contributed by atoms with E-state index in [1.54, 1.807) is 12.3 Å². The Morgan fingerprint density at radius 2 is 1.56 bits per heavy atom. The fourth-order valence-electron chi connectivity index (χ4n) is 4.14. The van der Waals surface area contributed by atoms with Gasteiger partial charge in [-0.15, -0.1) is 0 Å². The molecule has 1 aromatic heterocycles. The van der Waals surface area contributed by atoms with Crippen molar-refractivity contribution in [2.45, 2.75) is 31.5 Å². The summed E-state index contributed by atoms with van der Waals surface area (Å²) in [4.78, 5) is 16.1. The molecule has 0 fully saturated rings. The van der Waals surface area contributed by atoms with Gasteiger partial charge in [-0.2, -0.15) is 13.2 Å². The van der Waals surface area contributed by atoms with Crippen LogP contribution in [0.3, 0.4) is 0 Å².